The van der Waals surface area contributed by atoms with Crippen LogP contribution in [0.2, 0.25) is 0 Å². The molecule has 0 saturated heterocycles. The lowest BCUT2D eigenvalue weighted by molar-refractivity contribution is -0.139. The second-order valence-corrected chi connectivity index (χ2v) is 6.29. The van der Waals surface area contributed by atoms with Crippen molar-refractivity contribution < 1.29 is 19.4 Å². The fraction of sp³-hybridized carbons (Fsp3) is 0.412. The van der Waals surface area contributed by atoms with E-state index in [0.29, 0.717) is 18.5 Å². The lowest BCUT2D eigenvalue weighted by Crippen LogP contribution is -2.54. The summed E-state index contributed by atoms with van der Waals surface area (Å²) >= 11 is 0. The molecule has 1 aromatic carbocycles. The van der Waals surface area contributed by atoms with Gasteiger partial charge >= 0.3 is 5.97 Å². The second-order valence-electron chi connectivity index (χ2n) is 6.29. The molecule has 1 fully saturated rings. The van der Waals surface area contributed by atoms with E-state index >= 15 is 0 Å². The Hall–Kier alpha value is -2.90. The van der Waals surface area contributed by atoms with E-state index in [0.717, 1.165) is 17.9 Å². The van der Waals surface area contributed by atoms with E-state index in [1.165, 1.54) is 0 Å². The van der Waals surface area contributed by atoms with Crippen molar-refractivity contribution in [2.45, 2.75) is 38.1 Å². The number of carbonyl (C=O) groups excluding carboxylic acids is 1. The number of rotatable bonds is 6. The van der Waals surface area contributed by atoms with Crippen LogP contribution in [0.15, 0.2) is 24.3 Å². The zero-order valence-corrected chi connectivity index (χ0v) is 14.2. The maximum atomic E-state index is 12.6. The molecule has 8 heteroatoms. The molecule has 1 aliphatic rings. The summed E-state index contributed by atoms with van der Waals surface area (Å²) in [4.78, 5) is 23.6. The number of carboxylic acids is 1. The van der Waals surface area contributed by atoms with Gasteiger partial charge in [0.2, 0.25) is 0 Å². The Balaban J connectivity index is 1.80. The number of nitrogens with zero attached hydrogens (tertiary/aromatic N) is 3. The van der Waals surface area contributed by atoms with Gasteiger partial charge in [-0.15, -0.1) is 5.10 Å². The van der Waals surface area contributed by atoms with Gasteiger partial charge in [0.05, 0.1) is 30.5 Å². The third-order valence-corrected chi connectivity index (χ3v) is 4.61. The maximum absolute atomic E-state index is 12.6. The number of hydrogen-bond donors (Lipinski definition) is 2. The van der Waals surface area contributed by atoms with Crippen molar-refractivity contribution in [1.82, 2.24) is 20.3 Å². The van der Waals surface area contributed by atoms with Gasteiger partial charge in [-0.05, 0) is 50.5 Å². The van der Waals surface area contributed by atoms with Crippen LogP contribution < -0.4 is 10.1 Å². The number of carboxylic acid groups (broad SMARTS) is 1. The molecule has 1 amide bonds. The minimum absolute atomic E-state index is 0.0790. The average molecular weight is 344 g/mol. The lowest BCUT2D eigenvalue weighted by Gasteiger charge is -2.41. The highest BCUT2D eigenvalue weighted by molar-refractivity contribution is 5.94. The first kappa shape index (κ1) is 16.9. The summed E-state index contributed by atoms with van der Waals surface area (Å²) in [6.07, 6.45) is 2.16. The Morgan fingerprint density at radius 3 is 2.52 bits per heavy atom. The van der Waals surface area contributed by atoms with Crippen LogP contribution in [-0.4, -0.2) is 44.6 Å². The van der Waals surface area contributed by atoms with Gasteiger partial charge in [-0.3, -0.25) is 9.59 Å². The van der Waals surface area contributed by atoms with Crippen LogP contribution in [0, 0.1) is 6.92 Å². The van der Waals surface area contributed by atoms with Crippen molar-refractivity contribution in [1.29, 1.82) is 0 Å². The van der Waals surface area contributed by atoms with Crippen LogP contribution in [0.3, 0.4) is 0 Å². The zero-order valence-electron chi connectivity index (χ0n) is 14.2. The number of aliphatic carboxylic acids is 1. The second kappa shape index (κ2) is 6.54. The lowest BCUT2D eigenvalue weighted by atomic mass is 9.74. The zero-order chi connectivity index (χ0) is 18.0. The molecular formula is C17H20N4O4. The van der Waals surface area contributed by atoms with Crippen LogP contribution >= 0.6 is 0 Å². The number of amides is 1. The van der Waals surface area contributed by atoms with Crippen molar-refractivity contribution in [3.8, 4) is 11.4 Å². The summed E-state index contributed by atoms with van der Waals surface area (Å²) in [5.74, 6) is -0.586. The van der Waals surface area contributed by atoms with Crippen LogP contribution in [0.5, 0.6) is 5.75 Å². The molecule has 132 valence electrons. The number of aromatic nitrogens is 3. The molecule has 0 atom stereocenters. The summed E-state index contributed by atoms with van der Waals surface area (Å²) in [5.41, 5.74) is 0.882. The van der Waals surface area contributed by atoms with Gasteiger partial charge in [0.15, 0.2) is 5.69 Å². The fourth-order valence-electron chi connectivity index (χ4n) is 3.05. The fourth-order valence-corrected chi connectivity index (χ4v) is 3.05. The normalized spacial score (nSPS) is 15.3. The molecular weight excluding hydrogens is 324 g/mol. The first-order chi connectivity index (χ1) is 11.9. The van der Waals surface area contributed by atoms with Gasteiger partial charge in [-0.1, -0.05) is 5.21 Å². The number of ether oxygens (including phenoxy) is 1. The molecule has 25 heavy (non-hydrogen) atoms. The van der Waals surface area contributed by atoms with Gasteiger partial charge in [0.25, 0.3) is 5.91 Å². The van der Waals surface area contributed by atoms with Crippen molar-refractivity contribution in [3.63, 3.8) is 0 Å². The molecule has 0 radical (unpaired) electrons. The molecule has 3 rings (SSSR count). The van der Waals surface area contributed by atoms with E-state index in [2.05, 4.69) is 15.6 Å². The quantitative estimate of drug-likeness (QED) is 0.826. The standard InChI is InChI=1S/C17H20N4O4/c1-11-15(16(24)18-17(8-3-9-17)10-14(22)23)19-20-21(11)12-4-6-13(25-2)7-5-12/h4-7H,3,8-10H2,1-2H3,(H,18,24)(H,22,23). The highest BCUT2D eigenvalue weighted by Crippen LogP contribution is 2.35. The summed E-state index contributed by atoms with van der Waals surface area (Å²) in [7, 11) is 1.59. The molecule has 0 bridgehead atoms. The molecule has 1 heterocycles. The van der Waals surface area contributed by atoms with Crippen molar-refractivity contribution in [2.24, 2.45) is 0 Å². The van der Waals surface area contributed by atoms with Gasteiger partial charge in [-0.25, -0.2) is 4.68 Å². The molecule has 8 nitrogen and oxygen atoms in total. The summed E-state index contributed by atoms with van der Waals surface area (Å²) in [6.45, 7) is 1.75. The Morgan fingerprint density at radius 1 is 1.32 bits per heavy atom. The monoisotopic (exact) mass is 344 g/mol. The number of benzene rings is 1. The number of hydrogen-bond acceptors (Lipinski definition) is 5. The van der Waals surface area contributed by atoms with Crippen LogP contribution in [0.25, 0.3) is 5.69 Å². The Morgan fingerprint density at radius 2 is 2.00 bits per heavy atom. The summed E-state index contributed by atoms with van der Waals surface area (Å²) < 4.78 is 6.70. The molecule has 0 spiro atoms. The predicted molar refractivity (Wildman–Crippen MR) is 88.9 cm³/mol. The SMILES string of the molecule is COc1ccc(-n2nnc(C(=O)NC3(CC(=O)O)CCC3)c2C)cc1. The van der Waals surface area contributed by atoms with Gasteiger partial charge in [-0.2, -0.15) is 0 Å². The van der Waals surface area contributed by atoms with E-state index in [1.807, 2.05) is 12.1 Å². The van der Waals surface area contributed by atoms with E-state index in [-0.39, 0.29) is 12.1 Å². The molecule has 2 N–H and O–H groups in total. The van der Waals surface area contributed by atoms with Gasteiger partial charge in [0.1, 0.15) is 5.75 Å². The third-order valence-electron chi connectivity index (χ3n) is 4.61. The van der Waals surface area contributed by atoms with Crippen LogP contribution in [0.4, 0.5) is 0 Å². The van der Waals surface area contributed by atoms with Gasteiger partial charge in [0, 0.05) is 0 Å². The first-order valence-electron chi connectivity index (χ1n) is 8.05. The minimum Gasteiger partial charge on any atom is -0.497 e. The van der Waals surface area contributed by atoms with Crippen molar-refractivity contribution in [3.05, 3.63) is 35.7 Å². The molecule has 2 aromatic rings. The Labute approximate surface area is 144 Å². The largest absolute Gasteiger partial charge is 0.497 e. The number of methoxy groups -OCH3 is 1. The molecule has 0 aliphatic heterocycles. The van der Waals surface area contributed by atoms with Crippen LogP contribution in [-0.2, 0) is 4.79 Å². The number of carbonyl (C=O) groups is 2. The van der Waals surface area contributed by atoms with E-state index in [1.54, 1.807) is 30.8 Å². The van der Waals surface area contributed by atoms with Gasteiger partial charge < -0.3 is 15.2 Å². The van der Waals surface area contributed by atoms with Crippen molar-refractivity contribution in [2.75, 3.05) is 7.11 Å². The Bertz CT molecular complexity index is 793. The Kier molecular flexibility index (Phi) is 4.43. The maximum Gasteiger partial charge on any atom is 0.305 e. The van der Waals surface area contributed by atoms with E-state index < -0.39 is 17.4 Å². The van der Waals surface area contributed by atoms with Crippen LogP contribution in [0.1, 0.15) is 41.9 Å². The molecule has 1 aliphatic carbocycles. The highest BCUT2D eigenvalue weighted by Gasteiger charge is 2.41. The molecule has 1 saturated carbocycles. The first-order valence-corrected chi connectivity index (χ1v) is 8.05. The highest BCUT2D eigenvalue weighted by atomic mass is 16.5. The summed E-state index contributed by atoms with van der Waals surface area (Å²) in [6, 6.07) is 7.24. The third kappa shape index (κ3) is 3.33. The molecule has 0 unspecified atom stereocenters. The predicted octanol–water partition coefficient (Wildman–Crippen LogP) is 1.71. The number of nitrogens with one attached hydrogen (secondary N) is 1. The molecule has 1 aromatic heterocycles. The summed E-state index contributed by atoms with van der Waals surface area (Å²) in [5, 5.41) is 19.9. The smallest absolute Gasteiger partial charge is 0.305 e. The minimum atomic E-state index is -0.918. The topological polar surface area (TPSA) is 106 Å². The average Bonchev–Trinajstić information content (AvgIpc) is 2.94. The van der Waals surface area contributed by atoms with E-state index in [4.69, 9.17) is 9.84 Å². The van der Waals surface area contributed by atoms with Crippen molar-refractivity contribution >= 4 is 11.9 Å². The van der Waals surface area contributed by atoms with E-state index in [9.17, 15) is 9.59 Å².